The summed E-state index contributed by atoms with van der Waals surface area (Å²) in [5, 5.41) is 0. The van der Waals surface area contributed by atoms with Gasteiger partial charge in [0.05, 0.1) is 32.9 Å². The maximum absolute atomic E-state index is 12.7. The van der Waals surface area contributed by atoms with Gasteiger partial charge >= 0.3 is 17.9 Å². The van der Waals surface area contributed by atoms with Gasteiger partial charge in [-0.1, -0.05) is 30.3 Å². The highest BCUT2D eigenvalue weighted by Gasteiger charge is 2.31. The fourth-order valence-electron chi connectivity index (χ4n) is 2.56. The van der Waals surface area contributed by atoms with Gasteiger partial charge < -0.3 is 14.2 Å². The van der Waals surface area contributed by atoms with Crippen LogP contribution in [0, 0.1) is 0 Å². The third-order valence-electron chi connectivity index (χ3n) is 3.76. The minimum Gasteiger partial charge on any atom is -0.465 e. The molecule has 8 nitrogen and oxygen atoms in total. The van der Waals surface area contributed by atoms with E-state index in [-0.39, 0.29) is 30.0 Å². The molecule has 0 spiro atoms. The number of carbonyl (C=O) groups is 3. The number of carbonyl (C=O) groups excluding carboxylic acids is 3. The quantitative estimate of drug-likeness (QED) is 0.560. The summed E-state index contributed by atoms with van der Waals surface area (Å²) in [6.07, 6.45) is 0. The first kappa shape index (κ1) is 19.9. The van der Waals surface area contributed by atoms with Crippen LogP contribution in [0.4, 0.5) is 0 Å². The molecule has 0 radical (unpaired) electrons. The van der Waals surface area contributed by atoms with Gasteiger partial charge in [-0.25, -0.2) is 14.4 Å². The van der Waals surface area contributed by atoms with Crippen molar-refractivity contribution in [3.05, 3.63) is 69.1 Å². The lowest BCUT2D eigenvalue weighted by Gasteiger charge is -2.17. The molecule has 1 aromatic heterocycles. The lowest BCUT2D eigenvalue weighted by Crippen LogP contribution is -2.32. The van der Waals surface area contributed by atoms with Gasteiger partial charge in [0.15, 0.2) is 0 Å². The van der Waals surface area contributed by atoms with Crippen molar-refractivity contribution >= 4 is 17.9 Å². The first-order valence-corrected chi connectivity index (χ1v) is 8.10. The van der Waals surface area contributed by atoms with E-state index in [1.165, 1.54) is 0 Å². The average Bonchev–Trinajstić information content (AvgIpc) is 2.68. The van der Waals surface area contributed by atoms with Crippen molar-refractivity contribution in [2.24, 2.45) is 0 Å². The highest BCUT2D eigenvalue weighted by atomic mass is 16.5. The lowest BCUT2D eigenvalue weighted by atomic mass is 10.0. The van der Waals surface area contributed by atoms with E-state index in [4.69, 9.17) is 14.2 Å². The normalized spacial score (nSPS) is 10.2. The molecule has 1 aromatic carbocycles. The topological polar surface area (TPSA) is 101 Å². The van der Waals surface area contributed by atoms with Crippen LogP contribution in [0.1, 0.15) is 43.7 Å². The monoisotopic (exact) mass is 373 g/mol. The second-order valence-corrected chi connectivity index (χ2v) is 5.40. The van der Waals surface area contributed by atoms with Crippen molar-refractivity contribution in [2.75, 3.05) is 20.8 Å². The molecule has 0 saturated carbocycles. The molecule has 0 unspecified atom stereocenters. The van der Waals surface area contributed by atoms with Gasteiger partial charge in [0.1, 0.15) is 11.3 Å². The molecule has 0 fully saturated rings. The number of hydrogen-bond acceptors (Lipinski definition) is 7. The molecule has 0 amide bonds. The third kappa shape index (κ3) is 4.22. The number of pyridine rings is 1. The van der Waals surface area contributed by atoms with Crippen molar-refractivity contribution in [1.82, 2.24) is 4.57 Å². The van der Waals surface area contributed by atoms with Crippen LogP contribution in [0.25, 0.3) is 0 Å². The molecular formula is C19H19NO7. The highest BCUT2D eigenvalue weighted by molar-refractivity contribution is 6.09. The molecule has 0 atom stereocenters. The molecular weight excluding hydrogens is 354 g/mol. The number of hydrogen-bond donors (Lipinski definition) is 0. The number of methoxy groups -OCH3 is 2. The van der Waals surface area contributed by atoms with Crippen LogP contribution in [0.3, 0.4) is 0 Å². The van der Waals surface area contributed by atoms with Crippen LogP contribution < -0.4 is 5.56 Å². The summed E-state index contributed by atoms with van der Waals surface area (Å²) in [6, 6.07) is 9.81. The second-order valence-electron chi connectivity index (χ2n) is 5.40. The largest absolute Gasteiger partial charge is 0.465 e. The maximum atomic E-state index is 12.7. The number of ether oxygens (including phenoxy) is 3. The standard InChI is InChI=1S/C19H19NO7/c1-4-27-17(22)13-10-14(21)20(11-12-8-6-5-7-9-12)16(19(24)26-3)15(13)18(23)25-2/h5-10H,4,11H2,1-3H3. The van der Waals surface area contributed by atoms with E-state index in [2.05, 4.69) is 0 Å². The number of rotatable bonds is 6. The SMILES string of the molecule is CCOC(=O)c1cc(=O)n(Cc2ccccc2)c(C(=O)OC)c1C(=O)OC. The van der Waals surface area contributed by atoms with Crippen LogP contribution >= 0.6 is 0 Å². The van der Waals surface area contributed by atoms with E-state index < -0.39 is 23.5 Å². The van der Waals surface area contributed by atoms with Crippen molar-refractivity contribution in [3.8, 4) is 0 Å². The third-order valence-corrected chi connectivity index (χ3v) is 3.76. The molecule has 0 saturated heterocycles. The zero-order chi connectivity index (χ0) is 20.0. The predicted octanol–water partition coefficient (Wildman–Crippen LogP) is 1.65. The summed E-state index contributed by atoms with van der Waals surface area (Å²) >= 11 is 0. The maximum Gasteiger partial charge on any atom is 0.355 e. The van der Waals surface area contributed by atoms with Gasteiger partial charge in [0.2, 0.25) is 0 Å². The summed E-state index contributed by atoms with van der Waals surface area (Å²) in [6.45, 7) is 1.60. The molecule has 8 heteroatoms. The van der Waals surface area contributed by atoms with E-state index in [1.807, 2.05) is 0 Å². The van der Waals surface area contributed by atoms with Gasteiger partial charge in [0.25, 0.3) is 5.56 Å². The van der Waals surface area contributed by atoms with Gasteiger partial charge in [-0.2, -0.15) is 0 Å². The molecule has 2 aromatic rings. The number of aromatic nitrogens is 1. The first-order valence-electron chi connectivity index (χ1n) is 8.10. The summed E-state index contributed by atoms with van der Waals surface area (Å²) in [5.41, 5.74) is -1.04. The van der Waals surface area contributed by atoms with Crippen LogP contribution in [0.2, 0.25) is 0 Å². The van der Waals surface area contributed by atoms with Gasteiger partial charge in [-0.05, 0) is 12.5 Å². The molecule has 0 bridgehead atoms. The van der Waals surface area contributed by atoms with E-state index in [1.54, 1.807) is 37.3 Å². The van der Waals surface area contributed by atoms with E-state index >= 15 is 0 Å². The highest BCUT2D eigenvalue weighted by Crippen LogP contribution is 2.18. The van der Waals surface area contributed by atoms with Gasteiger partial charge in [-0.3, -0.25) is 9.36 Å². The Morgan fingerprint density at radius 3 is 2.15 bits per heavy atom. The van der Waals surface area contributed by atoms with Crippen LogP contribution in [0.5, 0.6) is 0 Å². The Hall–Kier alpha value is -3.42. The summed E-state index contributed by atoms with van der Waals surface area (Å²) < 4.78 is 15.4. The molecule has 1 heterocycles. The Balaban J connectivity index is 2.80. The minimum absolute atomic E-state index is 0.00277. The average molecular weight is 373 g/mol. The number of esters is 3. The zero-order valence-corrected chi connectivity index (χ0v) is 15.2. The van der Waals surface area contributed by atoms with Crippen molar-refractivity contribution in [2.45, 2.75) is 13.5 Å². The van der Waals surface area contributed by atoms with Gasteiger partial charge in [-0.15, -0.1) is 0 Å². The molecule has 0 N–H and O–H groups in total. The molecule has 27 heavy (non-hydrogen) atoms. The second kappa shape index (κ2) is 8.79. The zero-order valence-electron chi connectivity index (χ0n) is 15.2. The Morgan fingerprint density at radius 1 is 0.963 bits per heavy atom. The smallest absolute Gasteiger partial charge is 0.355 e. The van der Waals surface area contributed by atoms with Crippen LogP contribution in [-0.4, -0.2) is 43.3 Å². The van der Waals surface area contributed by atoms with Crippen LogP contribution in [-0.2, 0) is 20.8 Å². The predicted molar refractivity (Wildman–Crippen MR) is 94.9 cm³/mol. The first-order chi connectivity index (χ1) is 12.9. The lowest BCUT2D eigenvalue weighted by molar-refractivity contribution is 0.0495. The van der Waals surface area contributed by atoms with Crippen LogP contribution in [0.15, 0.2) is 41.2 Å². The Kier molecular flexibility index (Phi) is 6.48. The molecule has 142 valence electrons. The molecule has 0 aliphatic carbocycles. The Bertz CT molecular complexity index is 916. The van der Waals surface area contributed by atoms with Crippen molar-refractivity contribution in [1.29, 1.82) is 0 Å². The van der Waals surface area contributed by atoms with Gasteiger partial charge in [0, 0.05) is 6.07 Å². The van der Waals surface area contributed by atoms with Crippen molar-refractivity contribution in [3.63, 3.8) is 0 Å². The minimum atomic E-state index is -0.958. The van der Waals surface area contributed by atoms with Crippen molar-refractivity contribution < 1.29 is 28.6 Å². The fraction of sp³-hybridized carbons (Fsp3) is 0.263. The van der Waals surface area contributed by atoms with E-state index in [9.17, 15) is 19.2 Å². The summed E-state index contributed by atoms with van der Waals surface area (Å²) in [5.74, 6) is -2.82. The number of benzene rings is 1. The van der Waals surface area contributed by atoms with E-state index in [0.717, 1.165) is 24.9 Å². The Morgan fingerprint density at radius 2 is 1.59 bits per heavy atom. The van der Waals surface area contributed by atoms with E-state index in [0.29, 0.717) is 5.56 Å². The number of nitrogens with zero attached hydrogens (tertiary/aromatic N) is 1. The molecule has 0 aliphatic rings. The fourth-order valence-corrected chi connectivity index (χ4v) is 2.56. The summed E-state index contributed by atoms with van der Waals surface area (Å²) in [7, 11) is 2.21. The Labute approximate surface area is 155 Å². The summed E-state index contributed by atoms with van der Waals surface area (Å²) in [4.78, 5) is 49.6. The molecule has 0 aliphatic heterocycles. The molecule has 2 rings (SSSR count).